The van der Waals surface area contributed by atoms with Crippen molar-refractivity contribution in [3.63, 3.8) is 0 Å². The number of hydrogen-bond donors (Lipinski definition) is 0. The first-order valence-electron chi connectivity index (χ1n) is 11.5. The van der Waals surface area contributed by atoms with Crippen LogP contribution in [0.25, 0.3) is 11.0 Å². The van der Waals surface area contributed by atoms with E-state index in [2.05, 4.69) is 44.2 Å². The summed E-state index contributed by atoms with van der Waals surface area (Å²) in [7, 11) is 2.22. The first kappa shape index (κ1) is 19.1. The standard InChI is InChI=1S/C22H35N7/c1-18-17-19-20(27-7-3-4-8-27)23-22(28-9-5-6-10-28)24-21(19)29(18)16-15-26-13-11-25(2)12-14-26/h17H,3-16H2,1-2H3. The molecule has 3 aliphatic heterocycles. The van der Waals surface area contributed by atoms with Gasteiger partial charge in [0, 0.05) is 71.1 Å². The SMILES string of the molecule is Cc1cc2c(N3CCCC3)nc(N3CCCC3)nc2n1CCN1CCN(C)CC1. The minimum atomic E-state index is 0.941. The Bertz CT molecular complexity index is 840. The van der Waals surface area contributed by atoms with Gasteiger partial charge in [-0.1, -0.05) is 0 Å². The summed E-state index contributed by atoms with van der Waals surface area (Å²) in [5, 5.41) is 1.24. The van der Waals surface area contributed by atoms with Crippen molar-refractivity contribution in [2.45, 2.75) is 39.2 Å². The summed E-state index contributed by atoms with van der Waals surface area (Å²) in [4.78, 5) is 20.1. The van der Waals surface area contributed by atoms with Gasteiger partial charge in [0.05, 0.1) is 5.39 Å². The molecule has 7 heteroatoms. The average Bonchev–Trinajstić information content (AvgIpc) is 3.48. The summed E-state index contributed by atoms with van der Waals surface area (Å²) in [6.07, 6.45) is 5.05. The van der Waals surface area contributed by atoms with Crippen LogP contribution in [-0.2, 0) is 6.54 Å². The van der Waals surface area contributed by atoms with E-state index in [1.54, 1.807) is 0 Å². The topological polar surface area (TPSA) is 43.7 Å². The highest BCUT2D eigenvalue weighted by atomic mass is 15.3. The first-order chi connectivity index (χ1) is 14.2. The molecule has 0 unspecified atom stereocenters. The predicted molar refractivity (Wildman–Crippen MR) is 119 cm³/mol. The third-order valence-electron chi connectivity index (χ3n) is 6.96. The van der Waals surface area contributed by atoms with Crippen molar-refractivity contribution in [2.24, 2.45) is 0 Å². The maximum atomic E-state index is 5.11. The van der Waals surface area contributed by atoms with Crippen molar-refractivity contribution in [3.8, 4) is 0 Å². The third-order valence-corrected chi connectivity index (χ3v) is 6.96. The highest BCUT2D eigenvalue weighted by Crippen LogP contribution is 2.32. The van der Waals surface area contributed by atoms with Crippen molar-refractivity contribution in [1.29, 1.82) is 0 Å². The van der Waals surface area contributed by atoms with Gasteiger partial charge >= 0.3 is 0 Å². The van der Waals surface area contributed by atoms with Crippen molar-refractivity contribution in [3.05, 3.63) is 11.8 Å². The Hall–Kier alpha value is -1.86. The molecule has 0 amide bonds. The van der Waals surface area contributed by atoms with Gasteiger partial charge < -0.3 is 19.3 Å². The molecule has 0 saturated carbocycles. The summed E-state index contributed by atoms with van der Waals surface area (Å²) in [5.41, 5.74) is 2.44. The Morgan fingerprint density at radius 2 is 1.45 bits per heavy atom. The van der Waals surface area contributed by atoms with E-state index >= 15 is 0 Å². The Labute approximate surface area is 174 Å². The summed E-state index contributed by atoms with van der Waals surface area (Å²) >= 11 is 0. The highest BCUT2D eigenvalue weighted by molar-refractivity contribution is 5.90. The molecule has 0 bridgehead atoms. The molecule has 2 aromatic heterocycles. The monoisotopic (exact) mass is 397 g/mol. The number of piperazine rings is 1. The largest absolute Gasteiger partial charge is 0.356 e. The lowest BCUT2D eigenvalue weighted by atomic mass is 10.3. The quantitative estimate of drug-likeness (QED) is 0.771. The molecule has 7 nitrogen and oxygen atoms in total. The molecular weight excluding hydrogens is 362 g/mol. The van der Waals surface area contributed by atoms with Gasteiger partial charge in [0.15, 0.2) is 0 Å². The fourth-order valence-corrected chi connectivity index (χ4v) is 5.05. The van der Waals surface area contributed by atoms with Crippen LogP contribution < -0.4 is 9.80 Å². The lowest BCUT2D eigenvalue weighted by Crippen LogP contribution is -2.45. The number of hydrogen-bond acceptors (Lipinski definition) is 6. The van der Waals surface area contributed by atoms with Gasteiger partial charge in [-0.05, 0) is 45.7 Å². The zero-order valence-electron chi connectivity index (χ0n) is 18.1. The number of fused-ring (bicyclic) bond motifs is 1. The van der Waals surface area contributed by atoms with Crippen LogP contribution in [-0.4, -0.2) is 90.3 Å². The third kappa shape index (κ3) is 3.82. The van der Waals surface area contributed by atoms with Gasteiger partial charge in [-0.2, -0.15) is 9.97 Å². The lowest BCUT2D eigenvalue weighted by Gasteiger charge is -2.32. The van der Waals surface area contributed by atoms with Crippen LogP contribution in [0.15, 0.2) is 6.07 Å². The van der Waals surface area contributed by atoms with Crippen molar-refractivity contribution in [1.82, 2.24) is 24.3 Å². The van der Waals surface area contributed by atoms with E-state index < -0.39 is 0 Å². The van der Waals surface area contributed by atoms with E-state index in [1.807, 2.05) is 0 Å². The Balaban J connectivity index is 1.47. The summed E-state index contributed by atoms with van der Waals surface area (Å²) in [6, 6.07) is 2.32. The molecule has 0 atom stereocenters. The molecule has 0 aromatic carbocycles. The van der Waals surface area contributed by atoms with Gasteiger partial charge in [0.1, 0.15) is 11.5 Å². The van der Waals surface area contributed by atoms with E-state index in [1.165, 1.54) is 62.9 Å². The van der Waals surface area contributed by atoms with Gasteiger partial charge in [-0.3, -0.25) is 4.90 Å². The molecular formula is C22H35N7. The van der Waals surface area contributed by atoms with Gasteiger partial charge in [-0.25, -0.2) is 0 Å². The minimum Gasteiger partial charge on any atom is -0.356 e. The van der Waals surface area contributed by atoms with Crippen molar-refractivity contribution in [2.75, 3.05) is 75.8 Å². The van der Waals surface area contributed by atoms with E-state index in [9.17, 15) is 0 Å². The zero-order valence-corrected chi connectivity index (χ0v) is 18.1. The number of anilines is 2. The molecule has 5 rings (SSSR count). The lowest BCUT2D eigenvalue weighted by molar-refractivity contribution is 0.150. The molecule has 2 aromatic rings. The Morgan fingerprint density at radius 3 is 2.14 bits per heavy atom. The number of aryl methyl sites for hydroxylation is 1. The number of likely N-dealkylation sites (N-methyl/N-ethyl adjacent to an activating group) is 1. The van der Waals surface area contributed by atoms with E-state index in [-0.39, 0.29) is 0 Å². The smallest absolute Gasteiger partial charge is 0.229 e. The average molecular weight is 398 g/mol. The highest BCUT2D eigenvalue weighted by Gasteiger charge is 2.24. The second-order valence-electron chi connectivity index (χ2n) is 9.06. The predicted octanol–water partition coefficient (Wildman–Crippen LogP) is 2.19. The Morgan fingerprint density at radius 1 is 0.793 bits per heavy atom. The molecule has 0 N–H and O–H groups in total. The van der Waals surface area contributed by atoms with Crippen molar-refractivity contribution < 1.29 is 0 Å². The van der Waals surface area contributed by atoms with Crippen LogP contribution in [0, 0.1) is 6.92 Å². The molecule has 158 valence electrons. The number of rotatable bonds is 5. The van der Waals surface area contributed by atoms with E-state index in [0.717, 1.165) is 56.7 Å². The van der Waals surface area contributed by atoms with Crippen LogP contribution in [0.1, 0.15) is 31.4 Å². The maximum Gasteiger partial charge on any atom is 0.229 e. The summed E-state index contributed by atoms with van der Waals surface area (Å²) in [6.45, 7) is 13.4. The maximum absolute atomic E-state index is 5.11. The second-order valence-corrected chi connectivity index (χ2v) is 9.06. The molecule has 0 radical (unpaired) electrons. The normalized spacial score (nSPS) is 21.7. The molecule has 0 aliphatic carbocycles. The molecule has 3 saturated heterocycles. The van der Waals surface area contributed by atoms with Crippen molar-refractivity contribution >= 4 is 22.8 Å². The molecule has 5 heterocycles. The van der Waals surface area contributed by atoms with Crippen LogP contribution >= 0.6 is 0 Å². The van der Waals surface area contributed by atoms with Gasteiger partial charge in [0.2, 0.25) is 5.95 Å². The molecule has 3 aliphatic rings. The van der Waals surface area contributed by atoms with E-state index in [0.29, 0.717) is 0 Å². The second kappa shape index (κ2) is 8.11. The first-order valence-corrected chi connectivity index (χ1v) is 11.5. The van der Waals surface area contributed by atoms with Crippen LogP contribution in [0.5, 0.6) is 0 Å². The van der Waals surface area contributed by atoms with E-state index in [4.69, 9.17) is 9.97 Å². The zero-order chi connectivity index (χ0) is 19.8. The molecule has 0 spiro atoms. The molecule has 3 fully saturated rings. The number of aromatic nitrogens is 3. The molecule has 29 heavy (non-hydrogen) atoms. The van der Waals surface area contributed by atoms with Gasteiger partial charge in [0.25, 0.3) is 0 Å². The van der Waals surface area contributed by atoms with Crippen LogP contribution in [0.4, 0.5) is 11.8 Å². The fraction of sp³-hybridized carbons (Fsp3) is 0.727. The Kier molecular flexibility index (Phi) is 5.35. The summed E-state index contributed by atoms with van der Waals surface area (Å²) in [5.74, 6) is 2.10. The van der Waals surface area contributed by atoms with Gasteiger partial charge in [-0.15, -0.1) is 0 Å². The minimum absolute atomic E-state index is 0.941. The number of nitrogens with zero attached hydrogens (tertiary/aromatic N) is 7. The summed E-state index contributed by atoms with van der Waals surface area (Å²) < 4.78 is 2.44. The van der Waals surface area contributed by atoms with Crippen LogP contribution in [0.3, 0.4) is 0 Å². The van der Waals surface area contributed by atoms with Crippen LogP contribution in [0.2, 0.25) is 0 Å². The fourth-order valence-electron chi connectivity index (χ4n) is 5.05.